The summed E-state index contributed by atoms with van der Waals surface area (Å²) in [5.41, 5.74) is -0.928. The van der Waals surface area contributed by atoms with Gasteiger partial charge in [0.15, 0.2) is 0 Å². The third-order valence-electron chi connectivity index (χ3n) is 1.99. The molecule has 0 aliphatic rings. The van der Waals surface area contributed by atoms with Crippen LogP contribution in [0.1, 0.15) is 27.7 Å². The summed E-state index contributed by atoms with van der Waals surface area (Å²) in [6, 6.07) is 0.121. The molecule has 0 saturated heterocycles. The van der Waals surface area contributed by atoms with Gasteiger partial charge in [0.25, 0.3) is 0 Å². The van der Waals surface area contributed by atoms with Gasteiger partial charge in [-0.05, 0) is 20.8 Å². The van der Waals surface area contributed by atoms with Crippen molar-refractivity contribution >= 4 is 17.7 Å². The van der Waals surface area contributed by atoms with Crippen molar-refractivity contribution in [3.8, 4) is 0 Å². The van der Waals surface area contributed by atoms with Gasteiger partial charge in [-0.25, -0.2) is 0 Å². The van der Waals surface area contributed by atoms with Crippen molar-refractivity contribution in [2.24, 2.45) is 0 Å². The van der Waals surface area contributed by atoms with Crippen LogP contribution in [0.25, 0.3) is 0 Å². The van der Waals surface area contributed by atoms with Crippen molar-refractivity contribution < 1.29 is 15.0 Å². The second-order valence-corrected chi connectivity index (χ2v) is 5.67. The maximum atomic E-state index is 11.1. The molecule has 90 valence electrons. The fourth-order valence-electron chi connectivity index (χ4n) is 1.16. The summed E-state index contributed by atoms with van der Waals surface area (Å²) < 4.78 is 0. The molecule has 4 nitrogen and oxygen atoms in total. The molecule has 0 radical (unpaired) electrons. The van der Waals surface area contributed by atoms with Gasteiger partial charge in [0.05, 0.1) is 6.61 Å². The molecular weight excluding hydrogens is 214 g/mol. The maximum absolute atomic E-state index is 11.1. The van der Waals surface area contributed by atoms with Gasteiger partial charge in [-0.1, -0.05) is 6.92 Å². The van der Waals surface area contributed by atoms with E-state index in [4.69, 9.17) is 10.2 Å². The Kier molecular flexibility index (Phi) is 6.24. The Balaban J connectivity index is 4.32. The smallest absolute Gasteiger partial charge is 0.324 e. The number of carboxylic acids is 1. The van der Waals surface area contributed by atoms with Crippen LogP contribution in [-0.4, -0.2) is 45.4 Å². The lowest BCUT2D eigenvalue weighted by atomic mass is 10.1. The minimum absolute atomic E-state index is 0.0673. The number of nitrogens with one attached hydrogen (secondary N) is 1. The second-order valence-electron chi connectivity index (χ2n) is 4.24. The van der Waals surface area contributed by atoms with E-state index >= 15 is 0 Å². The largest absolute Gasteiger partial charge is 0.480 e. The molecule has 0 bridgehead atoms. The van der Waals surface area contributed by atoms with Crippen LogP contribution in [0.5, 0.6) is 0 Å². The zero-order chi connectivity index (χ0) is 12.1. The summed E-state index contributed by atoms with van der Waals surface area (Å²) in [6.07, 6.45) is 0. The Morgan fingerprint density at radius 3 is 2.33 bits per heavy atom. The molecule has 0 spiro atoms. The van der Waals surface area contributed by atoms with Gasteiger partial charge in [-0.15, -0.1) is 0 Å². The number of hydrogen-bond donors (Lipinski definition) is 3. The number of aliphatic hydroxyl groups is 1. The minimum Gasteiger partial charge on any atom is -0.480 e. The third-order valence-corrected chi connectivity index (χ3v) is 3.46. The third kappa shape index (κ3) is 5.39. The lowest BCUT2D eigenvalue weighted by Gasteiger charge is -2.29. The highest BCUT2D eigenvalue weighted by Gasteiger charge is 2.33. The lowest BCUT2D eigenvalue weighted by molar-refractivity contribution is -0.143. The Bertz CT molecular complexity index is 211. The molecular formula is C10H21NO3S. The average Bonchev–Trinajstić information content (AvgIpc) is 2.12. The normalized spacial score (nSPS) is 17.5. The predicted octanol–water partition coefficient (Wildman–Crippen LogP) is 0.942. The Morgan fingerprint density at radius 2 is 2.00 bits per heavy atom. The predicted molar refractivity (Wildman–Crippen MR) is 63.3 cm³/mol. The Morgan fingerprint density at radius 1 is 1.47 bits per heavy atom. The molecule has 0 amide bonds. The summed E-state index contributed by atoms with van der Waals surface area (Å²) in [4.78, 5) is 11.1. The zero-order valence-electron chi connectivity index (χ0n) is 9.78. The zero-order valence-corrected chi connectivity index (χ0v) is 10.6. The van der Waals surface area contributed by atoms with E-state index in [9.17, 15) is 4.79 Å². The van der Waals surface area contributed by atoms with Crippen molar-refractivity contribution in [2.75, 3.05) is 12.4 Å². The summed E-state index contributed by atoms with van der Waals surface area (Å²) in [5, 5.41) is 21.1. The highest BCUT2D eigenvalue weighted by Crippen LogP contribution is 2.18. The van der Waals surface area contributed by atoms with Crippen molar-refractivity contribution in [1.82, 2.24) is 5.32 Å². The summed E-state index contributed by atoms with van der Waals surface area (Å²) >= 11 is 1.46. The number of hydrogen-bond acceptors (Lipinski definition) is 4. The highest BCUT2D eigenvalue weighted by molar-refractivity contribution is 8.00. The monoisotopic (exact) mass is 235 g/mol. The van der Waals surface area contributed by atoms with Gasteiger partial charge >= 0.3 is 5.97 Å². The van der Waals surface area contributed by atoms with E-state index < -0.39 is 11.5 Å². The first kappa shape index (κ1) is 14.7. The number of thioether (sulfide) groups is 1. The molecule has 0 saturated carbocycles. The van der Waals surface area contributed by atoms with Crippen LogP contribution in [0.4, 0.5) is 0 Å². The molecule has 0 aromatic rings. The van der Waals surface area contributed by atoms with Crippen LogP contribution in [-0.2, 0) is 4.79 Å². The van der Waals surface area contributed by atoms with E-state index in [0.29, 0.717) is 5.75 Å². The first-order chi connectivity index (χ1) is 6.81. The number of carboxylic acid groups (broad SMARTS) is 1. The van der Waals surface area contributed by atoms with Gasteiger partial charge < -0.3 is 10.2 Å². The van der Waals surface area contributed by atoms with E-state index in [2.05, 4.69) is 5.32 Å². The van der Waals surface area contributed by atoms with E-state index in [-0.39, 0.29) is 17.9 Å². The molecule has 2 unspecified atom stereocenters. The molecule has 5 heteroatoms. The first-order valence-corrected chi connectivity index (χ1v) is 6.10. The topological polar surface area (TPSA) is 69.6 Å². The van der Waals surface area contributed by atoms with Crippen LogP contribution >= 0.6 is 11.8 Å². The molecule has 0 fully saturated rings. The van der Waals surface area contributed by atoms with E-state index in [1.54, 1.807) is 6.92 Å². The molecule has 3 N–H and O–H groups in total. The second kappa shape index (κ2) is 6.35. The van der Waals surface area contributed by atoms with Crippen molar-refractivity contribution in [1.29, 1.82) is 0 Å². The number of carbonyl (C=O) groups is 1. The van der Waals surface area contributed by atoms with Crippen LogP contribution in [0.3, 0.4) is 0 Å². The average molecular weight is 235 g/mol. The van der Waals surface area contributed by atoms with Crippen LogP contribution in [0.15, 0.2) is 0 Å². The van der Waals surface area contributed by atoms with Gasteiger partial charge in [0.1, 0.15) is 5.54 Å². The van der Waals surface area contributed by atoms with E-state index in [1.807, 2.05) is 20.8 Å². The SMILES string of the molecule is CC(C)NC(C)(CSC(C)CO)C(=O)O. The lowest BCUT2D eigenvalue weighted by Crippen LogP contribution is -2.54. The van der Waals surface area contributed by atoms with Crippen LogP contribution < -0.4 is 5.32 Å². The molecule has 0 aromatic carbocycles. The van der Waals surface area contributed by atoms with Gasteiger partial charge in [0, 0.05) is 17.0 Å². The van der Waals surface area contributed by atoms with Crippen molar-refractivity contribution in [2.45, 2.75) is 44.5 Å². The molecule has 0 aliphatic carbocycles. The quantitative estimate of drug-likeness (QED) is 0.613. The molecule has 0 rings (SSSR count). The van der Waals surface area contributed by atoms with E-state index in [1.165, 1.54) is 11.8 Å². The number of aliphatic hydroxyl groups excluding tert-OH is 1. The number of aliphatic carboxylic acids is 1. The fourth-order valence-corrected chi connectivity index (χ4v) is 2.09. The van der Waals surface area contributed by atoms with Crippen molar-refractivity contribution in [3.63, 3.8) is 0 Å². The van der Waals surface area contributed by atoms with Gasteiger partial charge in [-0.2, -0.15) is 11.8 Å². The maximum Gasteiger partial charge on any atom is 0.324 e. The molecule has 0 aliphatic heterocycles. The summed E-state index contributed by atoms with van der Waals surface area (Å²) in [6.45, 7) is 7.46. The van der Waals surface area contributed by atoms with E-state index in [0.717, 1.165) is 0 Å². The van der Waals surface area contributed by atoms with Crippen LogP contribution in [0, 0.1) is 0 Å². The van der Waals surface area contributed by atoms with Crippen molar-refractivity contribution in [3.05, 3.63) is 0 Å². The first-order valence-electron chi connectivity index (χ1n) is 5.05. The standard InChI is InChI=1S/C10H21NO3S/c1-7(2)11-10(4,9(13)14)6-15-8(3)5-12/h7-8,11-12H,5-6H2,1-4H3,(H,13,14). The summed E-state index contributed by atoms with van der Waals surface area (Å²) in [5.74, 6) is -0.406. The Hall–Kier alpha value is -0.260. The van der Waals surface area contributed by atoms with Crippen LogP contribution in [0.2, 0.25) is 0 Å². The Labute approximate surface area is 95.4 Å². The molecule has 0 aromatic heterocycles. The molecule has 0 heterocycles. The number of rotatable bonds is 7. The highest BCUT2D eigenvalue weighted by atomic mass is 32.2. The molecule has 2 atom stereocenters. The van der Waals surface area contributed by atoms with Gasteiger partial charge in [0.2, 0.25) is 0 Å². The van der Waals surface area contributed by atoms with Gasteiger partial charge in [-0.3, -0.25) is 10.1 Å². The minimum atomic E-state index is -0.928. The summed E-state index contributed by atoms with van der Waals surface area (Å²) in [7, 11) is 0. The molecule has 15 heavy (non-hydrogen) atoms. The fraction of sp³-hybridized carbons (Fsp3) is 0.900.